The summed E-state index contributed by atoms with van der Waals surface area (Å²) in [7, 11) is -3.04. The van der Waals surface area contributed by atoms with Crippen molar-refractivity contribution in [1.82, 2.24) is 4.90 Å². The minimum Gasteiger partial charge on any atom is -0.335 e. The highest BCUT2D eigenvalue weighted by Crippen LogP contribution is 2.21. The van der Waals surface area contributed by atoms with E-state index in [-0.39, 0.29) is 29.4 Å². The van der Waals surface area contributed by atoms with Crippen LogP contribution >= 0.6 is 0 Å². The van der Waals surface area contributed by atoms with Crippen LogP contribution in [0, 0.1) is 0 Å². The van der Waals surface area contributed by atoms with Crippen LogP contribution in [0.2, 0.25) is 0 Å². The SMILES string of the molecule is CCCCN(C(=O)c1ccc(NC(C)=O)cc1)C1CCS(=O)(=O)C1. The summed E-state index contributed by atoms with van der Waals surface area (Å²) >= 11 is 0. The van der Waals surface area contributed by atoms with Gasteiger partial charge in [0.05, 0.1) is 11.5 Å². The Hall–Kier alpha value is -1.89. The lowest BCUT2D eigenvalue weighted by Crippen LogP contribution is -2.41. The molecular formula is C17H24N2O4S. The molecule has 1 N–H and O–H groups in total. The minimum atomic E-state index is -3.04. The summed E-state index contributed by atoms with van der Waals surface area (Å²) in [6.45, 7) is 4.02. The van der Waals surface area contributed by atoms with E-state index in [1.54, 1.807) is 29.2 Å². The van der Waals surface area contributed by atoms with E-state index in [4.69, 9.17) is 0 Å². The molecule has 1 aromatic rings. The first-order valence-electron chi connectivity index (χ1n) is 8.21. The van der Waals surface area contributed by atoms with E-state index in [1.165, 1.54) is 6.92 Å². The number of rotatable bonds is 6. The van der Waals surface area contributed by atoms with Crippen LogP contribution in [0.3, 0.4) is 0 Å². The van der Waals surface area contributed by atoms with Crippen LogP contribution in [0.15, 0.2) is 24.3 Å². The average Bonchev–Trinajstić information content (AvgIpc) is 2.87. The topological polar surface area (TPSA) is 83.6 Å². The van der Waals surface area contributed by atoms with Crippen LogP contribution in [0.4, 0.5) is 5.69 Å². The Labute approximate surface area is 143 Å². The Morgan fingerprint density at radius 1 is 1.25 bits per heavy atom. The number of amides is 2. The summed E-state index contributed by atoms with van der Waals surface area (Å²) in [6.07, 6.45) is 2.28. The van der Waals surface area contributed by atoms with Gasteiger partial charge in [-0.2, -0.15) is 0 Å². The zero-order valence-corrected chi connectivity index (χ0v) is 14.9. The molecule has 0 saturated carbocycles. The molecule has 0 aliphatic carbocycles. The summed E-state index contributed by atoms with van der Waals surface area (Å²) in [5.74, 6) is -0.128. The van der Waals surface area contributed by atoms with Crippen molar-refractivity contribution in [3.8, 4) is 0 Å². The molecule has 1 heterocycles. The second kappa shape index (κ2) is 7.79. The van der Waals surface area contributed by atoms with E-state index in [0.717, 1.165) is 12.8 Å². The number of hydrogen-bond donors (Lipinski definition) is 1. The summed E-state index contributed by atoms with van der Waals surface area (Å²) in [6, 6.07) is 6.44. The van der Waals surface area contributed by atoms with Crippen molar-refractivity contribution in [2.24, 2.45) is 0 Å². The maximum Gasteiger partial charge on any atom is 0.254 e. The highest BCUT2D eigenvalue weighted by Gasteiger charge is 2.34. The highest BCUT2D eigenvalue weighted by molar-refractivity contribution is 7.91. The molecule has 132 valence electrons. The van der Waals surface area contributed by atoms with E-state index >= 15 is 0 Å². The molecule has 2 rings (SSSR count). The monoisotopic (exact) mass is 352 g/mol. The van der Waals surface area contributed by atoms with Crippen LogP contribution in [0.1, 0.15) is 43.5 Å². The smallest absolute Gasteiger partial charge is 0.254 e. The van der Waals surface area contributed by atoms with Crippen molar-refractivity contribution in [3.63, 3.8) is 0 Å². The molecule has 1 aliphatic rings. The Morgan fingerprint density at radius 3 is 2.42 bits per heavy atom. The molecule has 1 aromatic carbocycles. The molecular weight excluding hydrogens is 328 g/mol. The van der Waals surface area contributed by atoms with Crippen molar-refractivity contribution in [2.75, 3.05) is 23.4 Å². The number of sulfone groups is 1. The van der Waals surface area contributed by atoms with E-state index < -0.39 is 9.84 Å². The summed E-state index contributed by atoms with van der Waals surface area (Å²) in [5.41, 5.74) is 1.13. The van der Waals surface area contributed by atoms with Crippen LogP contribution in [0.5, 0.6) is 0 Å². The molecule has 0 bridgehead atoms. The van der Waals surface area contributed by atoms with Crippen molar-refractivity contribution in [3.05, 3.63) is 29.8 Å². The lowest BCUT2D eigenvalue weighted by Gasteiger charge is -2.28. The Balaban J connectivity index is 2.16. The van der Waals surface area contributed by atoms with Gasteiger partial charge in [0, 0.05) is 30.8 Å². The average molecular weight is 352 g/mol. The Bertz CT molecular complexity index is 698. The number of nitrogens with one attached hydrogen (secondary N) is 1. The molecule has 0 spiro atoms. The fraction of sp³-hybridized carbons (Fsp3) is 0.529. The van der Waals surface area contributed by atoms with Crippen LogP contribution < -0.4 is 5.32 Å². The first kappa shape index (κ1) is 18.4. The quantitative estimate of drug-likeness (QED) is 0.849. The minimum absolute atomic E-state index is 0.0480. The number of nitrogens with zero attached hydrogens (tertiary/aromatic N) is 1. The van der Waals surface area contributed by atoms with Gasteiger partial charge >= 0.3 is 0 Å². The number of unbranched alkanes of at least 4 members (excludes halogenated alkanes) is 1. The van der Waals surface area contributed by atoms with Crippen LogP contribution in [0.25, 0.3) is 0 Å². The highest BCUT2D eigenvalue weighted by atomic mass is 32.2. The van der Waals surface area contributed by atoms with E-state index in [2.05, 4.69) is 5.32 Å². The second-order valence-electron chi connectivity index (χ2n) is 6.17. The van der Waals surface area contributed by atoms with E-state index in [1.807, 2.05) is 6.92 Å². The van der Waals surface area contributed by atoms with E-state index in [9.17, 15) is 18.0 Å². The largest absolute Gasteiger partial charge is 0.335 e. The normalized spacial score (nSPS) is 19.0. The number of carbonyl (C=O) groups is 2. The number of carbonyl (C=O) groups excluding carboxylic acids is 2. The molecule has 1 fully saturated rings. The Kier molecular flexibility index (Phi) is 5.99. The molecule has 24 heavy (non-hydrogen) atoms. The second-order valence-corrected chi connectivity index (χ2v) is 8.40. The summed E-state index contributed by atoms with van der Waals surface area (Å²) < 4.78 is 23.5. The fourth-order valence-corrected chi connectivity index (χ4v) is 4.60. The summed E-state index contributed by atoms with van der Waals surface area (Å²) in [4.78, 5) is 25.6. The third kappa shape index (κ3) is 4.80. The molecule has 0 radical (unpaired) electrons. The molecule has 2 amide bonds. The lowest BCUT2D eigenvalue weighted by atomic mass is 10.1. The maximum absolute atomic E-state index is 12.8. The predicted octanol–water partition coefficient (Wildman–Crippen LogP) is 2.07. The Morgan fingerprint density at radius 2 is 1.92 bits per heavy atom. The molecule has 7 heteroatoms. The molecule has 1 aliphatic heterocycles. The first-order valence-corrected chi connectivity index (χ1v) is 10.0. The van der Waals surface area contributed by atoms with E-state index in [0.29, 0.717) is 24.2 Å². The standard InChI is InChI=1S/C17H24N2O4S/c1-3-4-10-19(16-9-11-24(22,23)12-16)17(21)14-5-7-15(8-6-14)18-13(2)20/h5-8,16H,3-4,9-12H2,1-2H3,(H,18,20). The van der Waals surface area contributed by atoms with Crippen molar-refractivity contribution >= 4 is 27.3 Å². The van der Waals surface area contributed by atoms with Crippen molar-refractivity contribution < 1.29 is 18.0 Å². The van der Waals surface area contributed by atoms with Gasteiger partial charge in [0.1, 0.15) is 0 Å². The van der Waals surface area contributed by atoms with Crippen LogP contribution in [-0.4, -0.2) is 49.2 Å². The molecule has 0 aromatic heterocycles. The lowest BCUT2D eigenvalue weighted by molar-refractivity contribution is -0.114. The van der Waals surface area contributed by atoms with Crippen LogP contribution in [-0.2, 0) is 14.6 Å². The van der Waals surface area contributed by atoms with Gasteiger partial charge in [0.15, 0.2) is 9.84 Å². The zero-order chi connectivity index (χ0) is 17.7. The zero-order valence-electron chi connectivity index (χ0n) is 14.1. The summed E-state index contributed by atoms with van der Waals surface area (Å²) in [5, 5.41) is 2.66. The number of anilines is 1. The molecule has 1 unspecified atom stereocenters. The number of benzene rings is 1. The van der Waals surface area contributed by atoms with Gasteiger partial charge in [-0.05, 0) is 37.1 Å². The third-order valence-corrected chi connectivity index (χ3v) is 5.87. The van der Waals surface area contributed by atoms with Gasteiger partial charge in [-0.3, -0.25) is 9.59 Å². The van der Waals surface area contributed by atoms with Crippen molar-refractivity contribution in [2.45, 2.75) is 39.2 Å². The fourth-order valence-electron chi connectivity index (χ4n) is 2.86. The van der Waals surface area contributed by atoms with Gasteiger partial charge in [-0.25, -0.2) is 8.42 Å². The first-order chi connectivity index (χ1) is 11.3. The third-order valence-electron chi connectivity index (χ3n) is 4.11. The van der Waals surface area contributed by atoms with Gasteiger partial charge in [-0.1, -0.05) is 13.3 Å². The predicted molar refractivity (Wildman–Crippen MR) is 93.7 cm³/mol. The molecule has 6 nitrogen and oxygen atoms in total. The van der Waals surface area contributed by atoms with Gasteiger partial charge in [-0.15, -0.1) is 0 Å². The van der Waals surface area contributed by atoms with Gasteiger partial charge in [0.2, 0.25) is 5.91 Å². The van der Waals surface area contributed by atoms with Gasteiger partial charge in [0.25, 0.3) is 5.91 Å². The number of hydrogen-bond acceptors (Lipinski definition) is 4. The molecule has 1 atom stereocenters. The van der Waals surface area contributed by atoms with Gasteiger partial charge < -0.3 is 10.2 Å². The van der Waals surface area contributed by atoms with Crippen molar-refractivity contribution in [1.29, 1.82) is 0 Å². The molecule has 1 saturated heterocycles. The maximum atomic E-state index is 12.8.